The molecular weight excluding hydrogens is 252 g/mol. The Morgan fingerprint density at radius 2 is 2.11 bits per heavy atom. The van der Waals surface area contributed by atoms with Gasteiger partial charge in [0.25, 0.3) is 17.4 Å². The fourth-order valence-electron chi connectivity index (χ4n) is 1.61. The zero-order chi connectivity index (χ0) is 14.0. The number of nitrogens with one attached hydrogen (secondary N) is 2. The fourth-order valence-corrected chi connectivity index (χ4v) is 1.61. The molecular formula is C10H10N6O3. The SMILES string of the molecule is Cc1cc(C)c([N+](=O)[O-])cc1NC(=O)c1nn[nH]n1. The van der Waals surface area contributed by atoms with Crippen LogP contribution in [-0.2, 0) is 0 Å². The first-order valence-corrected chi connectivity index (χ1v) is 5.29. The first-order chi connectivity index (χ1) is 8.99. The number of anilines is 1. The smallest absolute Gasteiger partial charge is 0.297 e. The van der Waals surface area contributed by atoms with Gasteiger partial charge in [-0.3, -0.25) is 14.9 Å². The van der Waals surface area contributed by atoms with E-state index in [0.717, 1.165) is 0 Å². The first kappa shape index (κ1) is 12.6. The Morgan fingerprint density at radius 3 is 2.68 bits per heavy atom. The van der Waals surface area contributed by atoms with E-state index in [1.165, 1.54) is 6.07 Å². The Bertz CT molecular complexity index is 637. The molecule has 0 radical (unpaired) electrons. The van der Waals surface area contributed by atoms with Gasteiger partial charge in [0, 0.05) is 11.6 Å². The summed E-state index contributed by atoms with van der Waals surface area (Å²) in [6, 6.07) is 2.94. The summed E-state index contributed by atoms with van der Waals surface area (Å²) in [5.41, 5.74) is 1.51. The molecule has 2 N–H and O–H groups in total. The van der Waals surface area contributed by atoms with Gasteiger partial charge >= 0.3 is 0 Å². The highest BCUT2D eigenvalue weighted by Gasteiger charge is 2.17. The van der Waals surface area contributed by atoms with Crippen LogP contribution in [0.15, 0.2) is 12.1 Å². The summed E-state index contributed by atoms with van der Waals surface area (Å²) in [6.07, 6.45) is 0. The Labute approximate surface area is 107 Å². The molecule has 1 aromatic carbocycles. The third kappa shape index (κ3) is 2.54. The maximum atomic E-state index is 11.7. The zero-order valence-corrected chi connectivity index (χ0v) is 10.2. The van der Waals surface area contributed by atoms with E-state index in [0.29, 0.717) is 16.8 Å². The van der Waals surface area contributed by atoms with E-state index in [4.69, 9.17) is 0 Å². The second-order valence-electron chi connectivity index (χ2n) is 3.90. The molecule has 0 aliphatic rings. The van der Waals surface area contributed by atoms with Crippen molar-refractivity contribution >= 4 is 17.3 Å². The number of aromatic amines is 1. The minimum atomic E-state index is -0.588. The minimum Gasteiger partial charge on any atom is -0.319 e. The number of nitrogens with zero attached hydrogens (tertiary/aromatic N) is 4. The van der Waals surface area contributed by atoms with Crippen molar-refractivity contribution < 1.29 is 9.72 Å². The van der Waals surface area contributed by atoms with Gasteiger partial charge in [-0.1, -0.05) is 0 Å². The van der Waals surface area contributed by atoms with Gasteiger partial charge in [-0.05, 0) is 30.7 Å². The van der Waals surface area contributed by atoms with Crippen molar-refractivity contribution in [2.24, 2.45) is 0 Å². The molecule has 0 spiro atoms. The van der Waals surface area contributed by atoms with Gasteiger partial charge in [-0.15, -0.1) is 10.2 Å². The monoisotopic (exact) mass is 262 g/mol. The predicted molar refractivity (Wildman–Crippen MR) is 64.7 cm³/mol. The van der Waals surface area contributed by atoms with E-state index in [-0.39, 0.29) is 11.5 Å². The number of H-pyrrole nitrogens is 1. The quantitative estimate of drug-likeness (QED) is 0.626. The average Bonchev–Trinajstić information content (AvgIpc) is 2.85. The second-order valence-corrected chi connectivity index (χ2v) is 3.90. The molecule has 0 saturated carbocycles. The largest absolute Gasteiger partial charge is 0.319 e. The number of benzene rings is 1. The Kier molecular flexibility index (Phi) is 3.19. The summed E-state index contributed by atoms with van der Waals surface area (Å²) < 4.78 is 0. The number of aryl methyl sites for hydroxylation is 2. The highest BCUT2D eigenvalue weighted by atomic mass is 16.6. The molecule has 9 nitrogen and oxygen atoms in total. The number of amides is 1. The van der Waals surface area contributed by atoms with Gasteiger partial charge in [0.05, 0.1) is 10.6 Å². The molecule has 1 aromatic heterocycles. The molecule has 98 valence electrons. The Hall–Kier alpha value is -2.84. The summed E-state index contributed by atoms with van der Waals surface area (Å²) >= 11 is 0. The van der Waals surface area contributed by atoms with Crippen molar-refractivity contribution in [3.05, 3.63) is 39.2 Å². The van der Waals surface area contributed by atoms with Crippen molar-refractivity contribution in [1.29, 1.82) is 0 Å². The van der Waals surface area contributed by atoms with Crippen molar-refractivity contribution in [1.82, 2.24) is 20.6 Å². The molecule has 0 bridgehead atoms. The Balaban J connectivity index is 2.32. The van der Waals surface area contributed by atoms with Crippen molar-refractivity contribution in [2.75, 3.05) is 5.32 Å². The summed E-state index contributed by atoms with van der Waals surface area (Å²) in [4.78, 5) is 22.1. The van der Waals surface area contributed by atoms with Gasteiger partial charge < -0.3 is 5.32 Å². The molecule has 1 heterocycles. The molecule has 19 heavy (non-hydrogen) atoms. The van der Waals surface area contributed by atoms with E-state index < -0.39 is 10.8 Å². The van der Waals surface area contributed by atoms with Gasteiger partial charge in [0.2, 0.25) is 0 Å². The number of rotatable bonds is 3. The number of tetrazole rings is 1. The number of hydrogen-bond acceptors (Lipinski definition) is 6. The van der Waals surface area contributed by atoms with Crippen LogP contribution in [0.25, 0.3) is 0 Å². The van der Waals surface area contributed by atoms with Crippen LogP contribution < -0.4 is 5.32 Å². The molecule has 2 aromatic rings. The predicted octanol–water partition coefficient (Wildman–Crippen LogP) is 0.977. The molecule has 0 saturated heterocycles. The van der Waals surface area contributed by atoms with Gasteiger partial charge in [-0.25, -0.2) is 0 Å². The lowest BCUT2D eigenvalue weighted by Gasteiger charge is -2.08. The van der Waals surface area contributed by atoms with E-state index in [2.05, 4.69) is 25.9 Å². The van der Waals surface area contributed by atoms with Crippen LogP contribution in [0.5, 0.6) is 0 Å². The van der Waals surface area contributed by atoms with E-state index in [1.807, 2.05) is 0 Å². The molecule has 9 heteroatoms. The van der Waals surface area contributed by atoms with E-state index >= 15 is 0 Å². The molecule has 1 amide bonds. The van der Waals surface area contributed by atoms with Crippen LogP contribution in [0.2, 0.25) is 0 Å². The van der Waals surface area contributed by atoms with Crippen LogP contribution in [0.4, 0.5) is 11.4 Å². The highest BCUT2D eigenvalue weighted by Crippen LogP contribution is 2.26. The van der Waals surface area contributed by atoms with Gasteiger partial charge in [-0.2, -0.15) is 5.21 Å². The molecule has 0 fully saturated rings. The number of aromatic nitrogens is 4. The molecule has 0 aliphatic heterocycles. The van der Waals surface area contributed by atoms with Crippen LogP contribution >= 0.6 is 0 Å². The standard InChI is InChI=1S/C10H10N6O3/c1-5-3-6(2)8(16(18)19)4-7(5)11-10(17)9-12-14-15-13-9/h3-4H,1-2H3,(H,11,17)(H,12,13,14,15). The number of hydrogen-bond donors (Lipinski definition) is 2. The summed E-state index contributed by atoms with van der Waals surface area (Å²) in [6.45, 7) is 3.37. The third-order valence-corrected chi connectivity index (χ3v) is 2.54. The molecule has 0 aliphatic carbocycles. The average molecular weight is 262 g/mol. The lowest BCUT2D eigenvalue weighted by atomic mass is 10.1. The van der Waals surface area contributed by atoms with Gasteiger partial charge in [0.15, 0.2) is 0 Å². The van der Waals surface area contributed by atoms with Crippen LogP contribution in [0, 0.1) is 24.0 Å². The minimum absolute atomic E-state index is 0.0611. The Morgan fingerprint density at radius 1 is 1.37 bits per heavy atom. The van der Waals surface area contributed by atoms with Crippen LogP contribution in [-0.4, -0.2) is 31.5 Å². The number of nitro benzene ring substituents is 1. The van der Waals surface area contributed by atoms with Crippen LogP contribution in [0.3, 0.4) is 0 Å². The number of nitro groups is 1. The maximum absolute atomic E-state index is 11.7. The molecule has 0 unspecified atom stereocenters. The normalized spacial score (nSPS) is 10.2. The zero-order valence-electron chi connectivity index (χ0n) is 10.2. The first-order valence-electron chi connectivity index (χ1n) is 5.29. The fraction of sp³-hybridized carbons (Fsp3) is 0.200. The summed E-state index contributed by atoms with van der Waals surface area (Å²) in [5.74, 6) is -0.724. The maximum Gasteiger partial charge on any atom is 0.297 e. The summed E-state index contributed by atoms with van der Waals surface area (Å²) in [7, 11) is 0. The second kappa shape index (κ2) is 4.80. The number of carbonyl (C=O) groups excluding carboxylic acids is 1. The molecule has 2 rings (SSSR count). The van der Waals surface area contributed by atoms with Crippen molar-refractivity contribution in [3.63, 3.8) is 0 Å². The van der Waals surface area contributed by atoms with Crippen molar-refractivity contribution in [2.45, 2.75) is 13.8 Å². The molecule has 0 atom stereocenters. The highest BCUT2D eigenvalue weighted by molar-refractivity contribution is 6.02. The third-order valence-electron chi connectivity index (χ3n) is 2.54. The topological polar surface area (TPSA) is 127 Å². The van der Waals surface area contributed by atoms with E-state index in [1.54, 1.807) is 19.9 Å². The lowest BCUT2D eigenvalue weighted by molar-refractivity contribution is -0.385. The van der Waals surface area contributed by atoms with Crippen LogP contribution in [0.1, 0.15) is 21.7 Å². The number of carbonyl (C=O) groups is 1. The lowest BCUT2D eigenvalue weighted by Crippen LogP contribution is -2.15. The van der Waals surface area contributed by atoms with Crippen molar-refractivity contribution in [3.8, 4) is 0 Å². The summed E-state index contributed by atoms with van der Waals surface area (Å²) in [5, 5.41) is 25.8. The van der Waals surface area contributed by atoms with Gasteiger partial charge in [0.1, 0.15) is 0 Å². The van der Waals surface area contributed by atoms with E-state index in [9.17, 15) is 14.9 Å².